The molecule has 0 aliphatic rings. The van der Waals surface area contributed by atoms with Gasteiger partial charge in [-0.2, -0.15) is 9.98 Å². The summed E-state index contributed by atoms with van der Waals surface area (Å²) in [5, 5.41) is 8.63. The number of halogens is 1. The van der Waals surface area contributed by atoms with Crippen molar-refractivity contribution in [2.75, 3.05) is 39.5 Å². The van der Waals surface area contributed by atoms with E-state index in [0.717, 1.165) is 38.5 Å². The molecule has 2 aromatic heterocycles. The molecule has 2 heterocycles. The van der Waals surface area contributed by atoms with Crippen LogP contribution in [0.1, 0.15) is 101 Å². The molecule has 0 bridgehead atoms. The predicted molar refractivity (Wildman–Crippen MR) is 178 cm³/mol. The predicted octanol–water partition coefficient (Wildman–Crippen LogP) is 8.11. The molecule has 2 aromatic rings. The van der Waals surface area contributed by atoms with Crippen molar-refractivity contribution in [2.45, 2.75) is 80.1 Å². The second kappa shape index (κ2) is 23.6. The Hall–Kier alpha value is -2.83. The van der Waals surface area contributed by atoms with Gasteiger partial charge in [-0.15, -0.1) is 22.7 Å². The van der Waals surface area contributed by atoms with Crippen LogP contribution in [0, 0.1) is 0 Å². The van der Waals surface area contributed by atoms with E-state index in [1.54, 1.807) is 12.1 Å². The molecular weight excluding hydrogens is 612 g/mol. The van der Waals surface area contributed by atoms with Gasteiger partial charge < -0.3 is 29.6 Å². The number of carbonyl (C=O) groups excluding carboxylic acids is 2. The molecule has 0 saturated carbocycles. The smallest absolute Gasteiger partial charge is 0.389 e. The zero-order valence-electron chi connectivity index (χ0n) is 26.3. The van der Waals surface area contributed by atoms with Crippen molar-refractivity contribution in [1.29, 1.82) is 0 Å². The van der Waals surface area contributed by atoms with Crippen LogP contribution >= 0.6 is 34.3 Å². The van der Waals surface area contributed by atoms with Crippen LogP contribution in [0.15, 0.2) is 27.5 Å². The normalized spacial score (nSPS) is 10.1. The highest BCUT2D eigenvalue weighted by atomic mass is 35.5. The molecule has 242 valence electrons. The summed E-state index contributed by atoms with van der Waals surface area (Å²) in [7, 11) is 0. The lowest BCUT2D eigenvalue weighted by atomic mass is 10.3. The molecule has 0 fully saturated rings. The maximum Gasteiger partial charge on any atom is 0.389 e. The molecule has 0 unspecified atom stereocenters. The highest BCUT2D eigenvalue weighted by Gasteiger charge is 2.17. The molecule has 0 aromatic carbocycles. The van der Waals surface area contributed by atoms with Crippen LogP contribution in [0.2, 0.25) is 4.34 Å². The molecule has 43 heavy (non-hydrogen) atoms. The molecule has 13 heteroatoms. The summed E-state index contributed by atoms with van der Waals surface area (Å²) in [4.78, 5) is 32.9. The van der Waals surface area contributed by atoms with E-state index in [4.69, 9.17) is 30.5 Å². The molecule has 0 saturated heterocycles. The van der Waals surface area contributed by atoms with Crippen LogP contribution in [0.4, 0.5) is 10.0 Å². The van der Waals surface area contributed by atoms with Gasteiger partial charge >= 0.3 is 12.2 Å². The molecule has 2 rings (SSSR count). The Labute approximate surface area is 269 Å². The first kappa shape index (κ1) is 38.2. The molecule has 10 nitrogen and oxygen atoms in total. The van der Waals surface area contributed by atoms with Crippen LogP contribution in [0.5, 0.6) is 0 Å². The monoisotopic (exact) mass is 658 g/mol. The van der Waals surface area contributed by atoms with Crippen molar-refractivity contribution >= 4 is 68.3 Å². The molecule has 2 N–H and O–H groups in total. The molecular formula is C30H47ClN4O6S2. The summed E-state index contributed by atoms with van der Waals surface area (Å²) in [6.07, 6.45) is 5.65. The Bertz CT molecular complexity index is 1120. The van der Waals surface area contributed by atoms with E-state index in [1.807, 2.05) is 46.9 Å². The van der Waals surface area contributed by atoms with Gasteiger partial charge in [-0.3, -0.25) is 9.59 Å². The van der Waals surface area contributed by atoms with Gasteiger partial charge in [0.2, 0.25) is 0 Å². The highest BCUT2D eigenvalue weighted by molar-refractivity contribution is 7.20. The Morgan fingerprint density at radius 2 is 1.14 bits per heavy atom. The average Bonchev–Trinajstić information content (AvgIpc) is 3.63. The van der Waals surface area contributed by atoms with Crippen molar-refractivity contribution in [3.05, 3.63) is 33.0 Å². The van der Waals surface area contributed by atoms with Gasteiger partial charge in [0, 0.05) is 13.1 Å². The Kier molecular flexibility index (Phi) is 21.0. The van der Waals surface area contributed by atoms with Gasteiger partial charge in [0.25, 0.3) is 11.8 Å². The van der Waals surface area contributed by atoms with Crippen LogP contribution in [0.25, 0.3) is 0 Å². The Balaban J connectivity index is 0.000000430. The van der Waals surface area contributed by atoms with E-state index < -0.39 is 0 Å². The number of amides is 2. The minimum Gasteiger partial charge on any atom is -0.450 e. The number of rotatable bonds is 16. The summed E-state index contributed by atoms with van der Waals surface area (Å²) < 4.78 is 22.4. The molecule has 2 amide bonds. The second-order valence-corrected chi connectivity index (χ2v) is 11.6. The summed E-state index contributed by atoms with van der Waals surface area (Å²) in [5.41, 5.74) is 1.01. The lowest BCUT2D eigenvalue weighted by Gasteiger charge is -2.09. The van der Waals surface area contributed by atoms with Crippen LogP contribution in [-0.2, 0) is 18.9 Å². The summed E-state index contributed by atoms with van der Waals surface area (Å²) in [5.74, 6) is -0.295. The van der Waals surface area contributed by atoms with Crippen molar-refractivity contribution in [1.82, 2.24) is 10.6 Å². The standard InChI is InChI=1S/C15H23ClN2O3S.C15H24N2O3S/c1-4-7-17-13(19)11-10-12(16)22-14(11)18-15(20-8-5-2)21-9-6-3;1-4-8-16-13(18)12-7-11-21-14(12)17-15(19-9-5-2)20-10-6-3/h10H,4-9H2,1-3H3,(H,17,19);7,11H,4-6,8-10H2,1-3H3,(H,16,18). The molecule has 0 spiro atoms. The van der Waals surface area contributed by atoms with E-state index in [2.05, 4.69) is 20.6 Å². The van der Waals surface area contributed by atoms with Crippen molar-refractivity contribution in [3.63, 3.8) is 0 Å². The molecule has 0 aliphatic heterocycles. The molecule has 0 atom stereocenters. The summed E-state index contributed by atoms with van der Waals surface area (Å²) in [6.45, 7) is 15.4. The van der Waals surface area contributed by atoms with E-state index in [1.165, 1.54) is 22.7 Å². The summed E-state index contributed by atoms with van der Waals surface area (Å²) >= 11 is 8.65. The van der Waals surface area contributed by atoms with Crippen molar-refractivity contribution in [3.8, 4) is 0 Å². The minimum atomic E-state index is -0.186. The fourth-order valence-electron chi connectivity index (χ4n) is 2.96. The lowest BCUT2D eigenvalue weighted by Crippen LogP contribution is -2.23. The SMILES string of the molecule is CCCNC(=O)c1cc(Cl)sc1N=C(OCCC)OCCC.CCCNC(=O)c1ccsc1N=C(OCCC)OCCC. The van der Waals surface area contributed by atoms with Gasteiger partial charge in [0.05, 0.1) is 41.9 Å². The lowest BCUT2D eigenvalue weighted by molar-refractivity contribution is 0.0946. The topological polar surface area (TPSA) is 120 Å². The first-order valence-electron chi connectivity index (χ1n) is 15.0. The number of ether oxygens (including phenoxy) is 4. The Morgan fingerprint density at radius 1 is 0.698 bits per heavy atom. The molecule has 0 aliphatic carbocycles. The van der Waals surface area contributed by atoms with Gasteiger partial charge in [-0.1, -0.05) is 53.1 Å². The van der Waals surface area contributed by atoms with Gasteiger partial charge in [-0.05, 0) is 56.0 Å². The number of hydrogen-bond acceptors (Lipinski definition) is 10. The van der Waals surface area contributed by atoms with Gasteiger partial charge in [-0.25, -0.2) is 0 Å². The van der Waals surface area contributed by atoms with Gasteiger partial charge in [0.1, 0.15) is 10.0 Å². The highest BCUT2D eigenvalue weighted by Crippen LogP contribution is 2.34. The van der Waals surface area contributed by atoms with E-state index in [9.17, 15) is 9.59 Å². The molecule has 0 radical (unpaired) electrons. The van der Waals surface area contributed by atoms with E-state index in [0.29, 0.717) is 65.0 Å². The minimum absolute atomic E-state index is 0.109. The van der Waals surface area contributed by atoms with E-state index in [-0.39, 0.29) is 24.0 Å². The first-order chi connectivity index (χ1) is 20.8. The number of nitrogens with one attached hydrogen (secondary N) is 2. The number of carbonyl (C=O) groups is 2. The zero-order valence-corrected chi connectivity index (χ0v) is 28.6. The fourth-order valence-corrected chi connectivity index (χ4v) is 4.78. The van der Waals surface area contributed by atoms with Crippen LogP contribution < -0.4 is 10.6 Å². The first-order valence-corrected chi connectivity index (χ1v) is 17.0. The average molecular weight is 659 g/mol. The van der Waals surface area contributed by atoms with Crippen molar-refractivity contribution < 1.29 is 28.5 Å². The van der Waals surface area contributed by atoms with Crippen LogP contribution in [0.3, 0.4) is 0 Å². The second-order valence-electron chi connectivity index (χ2n) is 9.07. The largest absolute Gasteiger partial charge is 0.450 e. The van der Waals surface area contributed by atoms with Crippen LogP contribution in [-0.4, -0.2) is 63.5 Å². The number of aliphatic imine (C=N–C) groups is 2. The summed E-state index contributed by atoms with van der Waals surface area (Å²) in [6, 6.07) is 3.39. The maximum absolute atomic E-state index is 12.1. The maximum atomic E-state index is 12.1. The van der Waals surface area contributed by atoms with Crippen molar-refractivity contribution in [2.24, 2.45) is 9.98 Å². The quantitative estimate of drug-likeness (QED) is 0.139. The third kappa shape index (κ3) is 15.5. The Morgan fingerprint density at radius 3 is 1.58 bits per heavy atom. The number of thiophene rings is 2. The van der Waals surface area contributed by atoms with Gasteiger partial charge in [0.15, 0.2) is 0 Å². The number of nitrogens with zero attached hydrogens (tertiary/aromatic N) is 2. The van der Waals surface area contributed by atoms with E-state index >= 15 is 0 Å². The third-order valence-electron chi connectivity index (χ3n) is 4.99. The number of hydrogen-bond donors (Lipinski definition) is 2. The zero-order chi connectivity index (χ0) is 31.9. The fraction of sp³-hybridized carbons (Fsp3) is 0.600. The third-order valence-corrected chi connectivity index (χ3v) is 6.96.